The highest BCUT2D eigenvalue weighted by Gasteiger charge is 2.25. The van der Waals surface area contributed by atoms with Crippen molar-refractivity contribution in [2.24, 2.45) is 0 Å². The molecule has 126 valence electrons. The predicted molar refractivity (Wildman–Crippen MR) is 92.0 cm³/mol. The summed E-state index contributed by atoms with van der Waals surface area (Å²) >= 11 is 5.98. The average Bonchev–Trinajstić information content (AvgIpc) is 2.61. The SMILES string of the molecule is O=C(CCc1cccc(Cl)c1)N1CCCC(Oc2cnccn2)C1. The van der Waals surface area contributed by atoms with Gasteiger partial charge in [-0.25, -0.2) is 4.98 Å². The largest absolute Gasteiger partial charge is 0.471 e. The summed E-state index contributed by atoms with van der Waals surface area (Å²) < 4.78 is 5.83. The Morgan fingerprint density at radius 1 is 1.38 bits per heavy atom. The molecule has 3 rings (SSSR count). The molecule has 1 unspecified atom stereocenters. The third kappa shape index (κ3) is 4.68. The Hall–Kier alpha value is -2.14. The van der Waals surface area contributed by atoms with Crippen molar-refractivity contribution in [2.75, 3.05) is 13.1 Å². The molecular weight excluding hydrogens is 326 g/mol. The van der Waals surface area contributed by atoms with Gasteiger partial charge in [-0.2, -0.15) is 0 Å². The van der Waals surface area contributed by atoms with Crippen LogP contribution in [0.1, 0.15) is 24.8 Å². The number of carbonyl (C=O) groups excluding carboxylic acids is 1. The lowest BCUT2D eigenvalue weighted by atomic mass is 10.1. The van der Waals surface area contributed by atoms with Crippen LogP contribution in [0, 0.1) is 0 Å². The Morgan fingerprint density at radius 3 is 3.08 bits per heavy atom. The van der Waals surface area contributed by atoms with Gasteiger partial charge in [-0.05, 0) is 37.0 Å². The fourth-order valence-electron chi connectivity index (χ4n) is 2.88. The number of halogens is 1. The van der Waals surface area contributed by atoms with Crippen LogP contribution in [0.4, 0.5) is 0 Å². The van der Waals surface area contributed by atoms with Crippen LogP contribution in [-0.4, -0.2) is 40.0 Å². The lowest BCUT2D eigenvalue weighted by Crippen LogP contribution is -2.44. The average molecular weight is 346 g/mol. The van der Waals surface area contributed by atoms with Gasteiger partial charge in [0.1, 0.15) is 6.10 Å². The molecule has 1 saturated heterocycles. The summed E-state index contributed by atoms with van der Waals surface area (Å²) in [6.07, 6.45) is 7.84. The summed E-state index contributed by atoms with van der Waals surface area (Å²) in [6.45, 7) is 1.39. The van der Waals surface area contributed by atoms with E-state index in [2.05, 4.69) is 9.97 Å². The van der Waals surface area contributed by atoms with Gasteiger partial charge in [0, 0.05) is 30.4 Å². The lowest BCUT2D eigenvalue weighted by molar-refractivity contribution is -0.133. The van der Waals surface area contributed by atoms with Crippen molar-refractivity contribution < 1.29 is 9.53 Å². The Bertz CT molecular complexity index is 681. The summed E-state index contributed by atoms with van der Waals surface area (Å²) in [5.74, 6) is 0.665. The maximum atomic E-state index is 12.5. The van der Waals surface area contributed by atoms with E-state index in [4.69, 9.17) is 16.3 Å². The second-order valence-electron chi connectivity index (χ2n) is 5.90. The highest BCUT2D eigenvalue weighted by molar-refractivity contribution is 6.30. The van der Waals surface area contributed by atoms with E-state index in [0.717, 1.165) is 24.9 Å². The van der Waals surface area contributed by atoms with Crippen molar-refractivity contribution in [3.05, 3.63) is 53.4 Å². The van der Waals surface area contributed by atoms with Crippen LogP contribution < -0.4 is 4.74 Å². The molecule has 0 spiro atoms. The van der Waals surface area contributed by atoms with Gasteiger partial charge in [-0.15, -0.1) is 0 Å². The van der Waals surface area contributed by atoms with E-state index in [9.17, 15) is 4.79 Å². The number of piperidine rings is 1. The topological polar surface area (TPSA) is 55.3 Å². The third-order valence-corrected chi connectivity index (χ3v) is 4.31. The predicted octanol–water partition coefficient (Wildman–Crippen LogP) is 3.13. The summed E-state index contributed by atoms with van der Waals surface area (Å²) in [5.41, 5.74) is 1.08. The number of carbonyl (C=O) groups is 1. The number of hydrogen-bond donors (Lipinski definition) is 0. The number of nitrogens with zero attached hydrogens (tertiary/aromatic N) is 3. The molecule has 0 bridgehead atoms. The molecule has 2 aromatic rings. The van der Waals surface area contributed by atoms with Crippen LogP contribution >= 0.6 is 11.6 Å². The van der Waals surface area contributed by atoms with Gasteiger partial charge in [0.2, 0.25) is 11.8 Å². The molecule has 0 saturated carbocycles. The molecule has 1 aromatic carbocycles. The van der Waals surface area contributed by atoms with E-state index in [1.165, 1.54) is 0 Å². The zero-order valence-corrected chi connectivity index (χ0v) is 14.2. The van der Waals surface area contributed by atoms with Crippen LogP contribution in [-0.2, 0) is 11.2 Å². The molecule has 0 aliphatic carbocycles. The standard InChI is InChI=1S/C18H20ClN3O2/c19-15-4-1-3-14(11-15)6-7-18(23)22-10-2-5-16(13-22)24-17-12-20-8-9-21-17/h1,3-4,8-9,11-12,16H,2,5-7,10,13H2. The quantitative estimate of drug-likeness (QED) is 0.835. The summed E-state index contributed by atoms with van der Waals surface area (Å²) in [4.78, 5) is 22.5. The van der Waals surface area contributed by atoms with Gasteiger partial charge in [0.25, 0.3) is 0 Å². The first-order valence-corrected chi connectivity index (χ1v) is 8.53. The lowest BCUT2D eigenvalue weighted by Gasteiger charge is -2.32. The number of hydrogen-bond acceptors (Lipinski definition) is 4. The summed E-state index contributed by atoms with van der Waals surface area (Å²) in [6, 6.07) is 7.65. The second-order valence-corrected chi connectivity index (χ2v) is 6.33. The smallest absolute Gasteiger partial charge is 0.232 e. The van der Waals surface area contributed by atoms with Crippen LogP contribution in [0.5, 0.6) is 5.88 Å². The Morgan fingerprint density at radius 2 is 2.29 bits per heavy atom. The number of amides is 1. The van der Waals surface area contributed by atoms with Gasteiger partial charge in [0.15, 0.2) is 0 Å². The van der Waals surface area contributed by atoms with Crippen LogP contribution in [0.25, 0.3) is 0 Å². The van der Waals surface area contributed by atoms with Crippen molar-refractivity contribution in [1.29, 1.82) is 0 Å². The number of aromatic nitrogens is 2. The maximum Gasteiger partial charge on any atom is 0.232 e. The zero-order chi connectivity index (χ0) is 16.8. The maximum absolute atomic E-state index is 12.5. The number of benzene rings is 1. The first-order valence-electron chi connectivity index (χ1n) is 8.15. The minimum Gasteiger partial charge on any atom is -0.471 e. The molecule has 0 N–H and O–H groups in total. The van der Waals surface area contributed by atoms with E-state index < -0.39 is 0 Å². The number of rotatable bonds is 5. The molecule has 24 heavy (non-hydrogen) atoms. The molecule has 1 aliphatic heterocycles. The highest BCUT2D eigenvalue weighted by Crippen LogP contribution is 2.18. The fourth-order valence-corrected chi connectivity index (χ4v) is 3.09. The van der Waals surface area contributed by atoms with Gasteiger partial charge < -0.3 is 9.64 Å². The van der Waals surface area contributed by atoms with Crippen molar-refractivity contribution in [3.63, 3.8) is 0 Å². The van der Waals surface area contributed by atoms with E-state index in [-0.39, 0.29) is 12.0 Å². The van der Waals surface area contributed by atoms with Crippen molar-refractivity contribution in [2.45, 2.75) is 31.8 Å². The molecule has 1 fully saturated rings. The van der Waals surface area contributed by atoms with Crippen molar-refractivity contribution in [3.8, 4) is 5.88 Å². The number of aryl methyl sites for hydroxylation is 1. The van der Waals surface area contributed by atoms with E-state index in [1.54, 1.807) is 18.6 Å². The molecule has 6 heteroatoms. The normalized spacial score (nSPS) is 17.5. The molecule has 1 aliphatic rings. The van der Waals surface area contributed by atoms with Crippen molar-refractivity contribution >= 4 is 17.5 Å². The molecule has 1 amide bonds. The number of likely N-dealkylation sites (tertiary alicyclic amines) is 1. The first kappa shape index (κ1) is 16.7. The minimum absolute atomic E-state index is 0.0226. The molecule has 0 radical (unpaired) electrons. The van der Waals surface area contributed by atoms with Gasteiger partial charge >= 0.3 is 0 Å². The molecular formula is C18H20ClN3O2. The fraction of sp³-hybridized carbons (Fsp3) is 0.389. The van der Waals surface area contributed by atoms with Crippen LogP contribution in [0.3, 0.4) is 0 Å². The van der Waals surface area contributed by atoms with E-state index in [0.29, 0.717) is 30.3 Å². The van der Waals surface area contributed by atoms with Crippen molar-refractivity contribution in [1.82, 2.24) is 14.9 Å². The van der Waals surface area contributed by atoms with Gasteiger partial charge in [-0.1, -0.05) is 23.7 Å². The summed E-state index contributed by atoms with van der Waals surface area (Å²) in [5, 5.41) is 0.704. The van der Waals surface area contributed by atoms with E-state index in [1.807, 2.05) is 29.2 Å². The van der Waals surface area contributed by atoms with Crippen LogP contribution in [0.2, 0.25) is 5.02 Å². The monoisotopic (exact) mass is 345 g/mol. The molecule has 1 aromatic heterocycles. The molecule has 2 heterocycles. The van der Waals surface area contributed by atoms with Crippen LogP contribution in [0.15, 0.2) is 42.9 Å². The Kier molecular flexibility index (Phi) is 5.64. The molecule has 5 nitrogen and oxygen atoms in total. The third-order valence-electron chi connectivity index (χ3n) is 4.07. The van der Waals surface area contributed by atoms with E-state index >= 15 is 0 Å². The molecule has 1 atom stereocenters. The number of ether oxygens (including phenoxy) is 1. The zero-order valence-electron chi connectivity index (χ0n) is 13.4. The minimum atomic E-state index is -0.0226. The Balaban J connectivity index is 1.51. The Labute approximate surface area is 146 Å². The summed E-state index contributed by atoms with van der Waals surface area (Å²) in [7, 11) is 0. The highest BCUT2D eigenvalue weighted by atomic mass is 35.5. The van der Waals surface area contributed by atoms with Gasteiger partial charge in [-0.3, -0.25) is 9.78 Å². The second kappa shape index (κ2) is 8.11. The first-order chi connectivity index (χ1) is 11.7. The van der Waals surface area contributed by atoms with Gasteiger partial charge in [0.05, 0.1) is 12.7 Å².